The summed E-state index contributed by atoms with van der Waals surface area (Å²) in [7, 11) is 0. The summed E-state index contributed by atoms with van der Waals surface area (Å²) in [5, 5.41) is 29.9. The van der Waals surface area contributed by atoms with Crippen molar-refractivity contribution in [1.29, 1.82) is 0 Å². The summed E-state index contributed by atoms with van der Waals surface area (Å²) in [5.41, 5.74) is 2.51. The lowest BCUT2D eigenvalue weighted by Gasteiger charge is -2.10. The monoisotopic (exact) mass is 278 g/mol. The largest absolute Gasteiger partial charge is 0.507 e. The quantitative estimate of drug-likeness (QED) is 0.660. The Balaban J connectivity index is 2.18. The Labute approximate surface area is 122 Å². The van der Waals surface area contributed by atoms with Crippen molar-refractivity contribution in [3.05, 3.63) is 66.7 Å². The average molecular weight is 278 g/mol. The summed E-state index contributed by atoms with van der Waals surface area (Å²) in [6.07, 6.45) is 0. The normalized spacial score (nSPS) is 10.5. The molecule has 21 heavy (non-hydrogen) atoms. The molecule has 0 amide bonds. The molecule has 0 saturated heterocycles. The van der Waals surface area contributed by atoms with E-state index in [0.29, 0.717) is 16.7 Å². The maximum absolute atomic E-state index is 10.1. The van der Waals surface area contributed by atoms with Gasteiger partial charge in [-0.25, -0.2) is 0 Å². The number of hydrogen-bond donors (Lipinski definition) is 3. The number of phenolic OH excluding ortho intramolecular Hbond substituents is 3. The SMILES string of the molecule is Oc1ccccc1-c1ccc(O)c(-c2ccccc2O)c1. The van der Waals surface area contributed by atoms with Gasteiger partial charge in [-0.15, -0.1) is 0 Å². The van der Waals surface area contributed by atoms with Crippen LogP contribution in [0.1, 0.15) is 0 Å². The maximum Gasteiger partial charge on any atom is 0.123 e. The summed E-state index contributed by atoms with van der Waals surface area (Å²) in [6.45, 7) is 0. The molecule has 0 aliphatic carbocycles. The lowest BCUT2D eigenvalue weighted by atomic mass is 9.97. The van der Waals surface area contributed by atoms with Crippen LogP contribution in [-0.4, -0.2) is 15.3 Å². The first-order valence-corrected chi connectivity index (χ1v) is 6.56. The third-order valence-electron chi connectivity index (χ3n) is 3.41. The molecule has 3 nitrogen and oxygen atoms in total. The topological polar surface area (TPSA) is 60.7 Å². The van der Waals surface area contributed by atoms with Crippen molar-refractivity contribution in [1.82, 2.24) is 0 Å². The third-order valence-corrected chi connectivity index (χ3v) is 3.41. The zero-order valence-corrected chi connectivity index (χ0v) is 11.2. The van der Waals surface area contributed by atoms with Gasteiger partial charge >= 0.3 is 0 Å². The molecule has 0 heterocycles. The van der Waals surface area contributed by atoms with E-state index in [-0.39, 0.29) is 17.2 Å². The van der Waals surface area contributed by atoms with Crippen molar-refractivity contribution in [3.63, 3.8) is 0 Å². The van der Waals surface area contributed by atoms with Gasteiger partial charge in [0, 0.05) is 16.7 Å². The van der Waals surface area contributed by atoms with Crippen LogP contribution in [0.3, 0.4) is 0 Å². The third kappa shape index (κ3) is 2.41. The van der Waals surface area contributed by atoms with Crippen molar-refractivity contribution in [2.45, 2.75) is 0 Å². The lowest BCUT2D eigenvalue weighted by Crippen LogP contribution is -1.84. The van der Waals surface area contributed by atoms with E-state index in [1.807, 2.05) is 6.07 Å². The minimum atomic E-state index is 0.0793. The number of hydrogen-bond acceptors (Lipinski definition) is 3. The standard InChI is InChI=1S/C18H14O3/c19-16-7-3-1-5-13(16)12-9-10-18(21)15(11-12)14-6-2-4-8-17(14)20/h1-11,19-21H. The summed E-state index contributed by atoms with van der Waals surface area (Å²) < 4.78 is 0. The Hall–Kier alpha value is -2.94. The van der Waals surface area contributed by atoms with Crippen LogP contribution in [0.4, 0.5) is 0 Å². The molecule has 0 fully saturated rings. The summed E-state index contributed by atoms with van der Waals surface area (Å²) in [4.78, 5) is 0. The fourth-order valence-electron chi connectivity index (χ4n) is 2.34. The summed E-state index contributed by atoms with van der Waals surface area (Å²) >= 11 is 0. The fraction of sp³-hybridized carbons (Fsp3) is 0. The highest BCUT2D eigenvalue weighted by atomic mass is 16.3. The number of benzene rings is 3. The Kier molecular flexibility index (Phi) is 3.24. The van der Waals surface area contributed by atoms with Gasteiger partial charge in [-0.2, -0.15) is 0 Å². The van der Waals surface area contributed by atoms with Crippen LogP contribution in [0.2, 0.25) is 0 Å². The first kappa shape index (κ1) is 13.1. The number of aromatic hydroxyl groups is 3. The van der Waals surface area contributed by atoms with E-state index in [1.165, 1.54) is 0 Å². The summed E-state index contributed by atoms with van der Waals surface area (Å²) in [6, 6.07) is 18.9. The molecule has 0 bridgehead atoms. The van der Waals surface area contributed by atoms with Crippen LogP contribution in [0.25, 0.3) is 22.3 Å². The molecule has 3 heteroatoms. The second-order valence-corrected chi connectivity index (χ2v) is 4.77. The summed E-state index contributed by atoms with van der Waals surface area (Å²) in [5.74, 6) is 0.351. The Morgan fingerprint density at radius 1 is 0.476 bits per heavy atom. The van der Waals surface area contributed by atoms with E-state index in [2.05, 4.69) is 0 Å². The van der Waals surface area contributed by atoms with Crippen LogP contribution < -0.4 is 0 Å². The highest BCUT2D eigenvalue weighted by Gasteiger charge is 2.11. The minimum Gasteiger partial charge on any atom is -0.507 e. The van der Waals surface area contributed by atoms with Crippen LogP contribution in [0.15, 0.2) is 66.7 Å². The van der Waals surface area contributed by atoms with Gasteiger partial charge in [0.05, 0.1) is 0 Å². The van der Waals surface area contributed by atoms with Gasteiger partial charge in [0.25, 0.3) is 0 Å². The van der Waals surface area contributed by atoms with E-state index in [9.17, 15) is 15.3 Å². The van der Waals surface area contributed by atoms with Gasteiger partial charge in [0.2, 0.25) is 0 Å². The molecule has 3 rings (SSSR count). The van der Waals surface area contributed by atoms with Gasteiger partial charge < -0.3 is 15.3 Å². The van der Waals surface area contributed by atoms with Crippen molar-refractivity contribution in [3.8, 4) is 39.5 Å². The predicted molar refractivity (Wildman–Crippen MR) is 82.3 cm³/mol. The molecule has 3 aromatic rings. The molecule has 0 aliphatic rings. The Bertz CT molecular complexity index is 794. The van der Waals surface area contributed by atoms with Gasteiger partial charge in [-0.1, -0.05) is 42.5 Å². The minimum absolute atomic E-state index is 0.0793. The molecule has 3 N–H and O–H groups in total. The van der Waals surface area contributed by atoms with Gasteiger partial charge in [-0.05, 0) is 29.8 Å². The van der Waals surface area contributed by atoms with Crippen molar-refractivity contribution in [2.24, 2.45) is 0 Å². The molecule has 0 radical (unpaired) electrons. The molecule has 0 aliphatic heterocycles. The highest BCUT2D eigenvalue weighted by Crippen LogP contribution is 2.39. The molecule has 104 valence electrons. The smallest absolute Gasteiger partial charge is 0.123 e. The van der Waals surface area contributed by atoms with E-state index in [0.717, 1.165) is 5.56 Å². The molecular weight excluding hydrogens is 264 g/mol. The maximum atomic E-state index is 10.1. The molecule has 0 atom stereocenters. The molecular formula is C18H14O3. The van der Waals surface area contributed by atoms with Crippen LogP contribution in [0.5, 0.6) is 17.2 Å². The van der Waals surface area contributed by atoms with Gasteiger partial charge in [0.1, 0.15) is 17.2 Å². The van der Waals surface area contributed by atoms with Gasteiger partial charge in [0.15, 0.2) is 0 Å². The molecule has 0 unspecified atom stereocenters. The number of phenols is 3. The zero-order valence-electron chi connectivity index (χ0n) is 11.2. The first-order chi connectivity index (χ1) is 10.2. The molecule has 3 aromatic carbocycles. The fourth-order valence-corrected chi connectivity index (χ4v) is 2.34. The van der Waals surface area contributed by atoms with Crippen molar-refractivity contribution < 1.29 is 15.3 Å². The van der Waals surface area contributed by atoms with Crippen LogP contribution >= 0.6 is 0 Å². The van der Waals surface area contributed by atoms with Crippen LogP contribution in [0, 0.1) is 0 Å². The Morgan fingerprint density at radius 3 is 1.62 bits per heavy atom. The molecule has 0 aromatic heterocycles. The van der Waals surface area contributed by atoms with Crippen LogP contribution in [-0.2, 0) is 0 Å². The second kappa shape index (κ2) is 5.21. The van der Waals surface area contributed by atoms with E-state index < -0.39 is 0 Å². The van der Waals surface area contributed by atoms with Gasteiger partial charge in [-0.3, -0.25) is 0 Å². The van der Waals surface area contributed by atoms with Crippen molar-refractivity contribution in [2.75, 3.05) is 0 Å². The number of para-hydroxylation sites is 2. The molecule has 0 saturated carbocycles. The zero-order chi connectivity index (χ0) is 14.8. The Morgan fingerprint density at radius 2 is 1.00 bits per heavy atom. The second-order valence-electron chi connectivity index (χ2n) is 4.77. The number of rotatable bonds is 2. The highest BCUT2D eigenvalue weighted by molar-refractivity contribution is 5.81. The molecule has 0 spiro atoms. The van der Waals surface area contributed by atoms with E-state index >= 15 is 0 Å². The average Bonchev–Trinajstić information content (AvgIpc) is 2.49. The van der Waals surface area contributed by atoms with E-state index in [4.69, 9.17) is 0 Å². The predicted octanol–water partition coefficient (Wildman–Crippen LogP) is 4.14. The lowest BCUT2D eigenvalue weighted by molar-refractivity contribution is 0.469. The van der Waals surface area contributed by atoms with E-state index in [1.54, 1.807) is 60.7 Å². The van der Waals surface area contributed by atoms with Crippen molar-refractivity contribution >= 4 is 0 Å². The first-order valence-electron chi connectivity index (χ1n) is 6.56.